The van der Waals surface area contributed by atoms with Crippen LogP contribution in [0, 0.1) is 0 Å². The fourth-order valence-corrected chi connectivity index (χ4v) is 0.483. The lowest BCUT2D eigenvalue weighted by Crippen LogP contribution is -1.99. The normalized spacial score (nSPS) is 9.83. The Kier molecular flexibility index (Phi) is 5.69. The van der Waals surface area contributed by atoms with E-state index in [0.29, 0.717) is 13.0 Å². The van der Waals surface area contributed by atoms with E-state index in [1.165, 1.54) is 20.1 Å². The lowest BCUT2D eigenvalue weighted by Gasteiger charge is -1.96. The third kappa shape index (κ3) is 8.68. The van der Waals surface area contributed by atoms with Gasteiger partial charge in [0, 0.05) is 20.3 Å². The second-order valence-corrected chi connectivity index (χ2v) is 2.11. The molecule has 68 valence electrons. The van der Waals surface area contributed by atoms with Gasteiger partial charge in [-0.3, -0.25) is 9.59 Å². The Balaban J connectivity index is 3.25. The minimum absolute atomic E-state index is 0.309. The first-order valence-corrected chi connectivity index (χ1v) is 3.58. The maximum absolute atomic E-state index is 10.3. The first-order chi connectivity index (χ1) is 5.63. The van der Waals surface area contributed by atoms with E-state index in [-0.39, 0.29) is 11.9 Å². The van der Waals surface area contributed by atoms with Gasteiger partial charge in [0.25, 0.3) is 0 Å². The third-order valence-electron chi connectivity index (χ3n) is 0.920. The number of esters is 2. The zero-order valence-corrected chi connectivity index (χ0v) is 7.20. The molecule has 0 aromatic rings. The first-order valence-electron chi connectivity index (χ1n) is 3.58. The summed E-state index contributed by atoms with van der Waals surface area (Å²) in [6, 6.07) is 0. The first kappa shape index (κ1) is 10.7. The molecule has 0 rings (SSSR count). The van der Waals surface area contributed by atoms with Crippen LogP contribution in [0.15, 0.2) is 12.3 Å². The summed E-state index contributed by atoms with van der Waals surface area (Å²) in [6.07, 6.45) is 3.45. The molecule has 0 atom stereocenters. The van der Waals surface area contributed by atoms with Crippen molar-refractivity contribution in [3.05, 3.63) is 12.3 Å². The second kappa shape index (κ2) is 6.39. The molecule has 0 aromatic heterocycles. The van der Waals surface area contributed by atoms with E-state index in [1.54, 1.807) is 6.08 Å². The lowest BCUT2D eigenvalue weighted by atomic mass is 10.4. The van der Waals surface area contributed by atoms with Gasteiger partial charge in [0.05, 0.1) is 12.9 Å². The van der Waals surface area contributed by atoms with Gasteiger partial charge in [0.1, 0.15) is 0 Å². The average molecular weight is 172 g/mol. The van der Waals surface area contributed by atoms with Crippen LogP contribution in [0.3, 0.4) is 0 Å². The molecular weight excluding hydrogens is 160 g/mol. The predicted octanol–water partition coefficient (Wildman–Crippen LogP) is 1.02. The van der Waals surface area contributed by atoms with Crippen molar-refractivity contribution < 1.29 is 19.1 Å². The summed E-state index contributed by atoms with van der Waals surface area (Å²) in [6.45, 7) is 2.97. The van der Waals surface area contributed by atoms with E-state index < -0.39 is 0 Å². The second-order valence-electron chi connectivity index (χ2n) is 2.11. The van der Waals surface area contributed by atoms with E-state index in [1.807, 2.05) is 0 Å². The molecule has 0 N–H and O–H groups in total. The fourth-order valence-electron chi connectivity index (χ4n) is 0.483. The molecule has 0 unspecified atom stereocenters. The van der Waals surface area contributed by atoms with E-state index >= 15 is 0 Å². The number of ether oxygens (including phenoxy) is 2. The summed E-state index contributed by atoms with van der Waals surface area (Å²) in [5.74, 6) is -0.672. The van der Waals surface area contributed by atoms with Crippen LogP contribution in [0.5, 0.6) is 0 Å². The maximum atomic E-state index is 10.3. The van der Waals surface area contributed by atoms with Crippen LogP contribution in [0.25, 0.3) is 0 Å². The molecule has 4 nitrogen and oxygen atoms in total. The van der Waals surface area contributed by atoms with E-state index in [9.17, 15) is 9.59 Å². The van der Waals surface area contributed by atoms with Gasteiger partial charge in [-0.1, -0.05) is 0 Å². The molecule has 0 aliphatic rings. The van der Waals surface area contributed by atoms with Crippen molar-refractivity contribution in [2.24, 2.45) is 0 Å². The molecular formula is C8H12O4. The Morgan fingerprint density at radius 2 is 1.92 bits per heavy atom. The Morgan fingerprint density at radius 1 is 1.25 bits per heavy atom. The molecule has 0 bridgehead atoms. The Hall–Kier alpha value is -1.32. The zero-order valence-electron chi connectivity index (χ0n) is 7.20. The van der Waals surface area contributed by atoms with Crippen molar-refractivity contribution in [3.63, 3.8) is 0 Å². The minimum Gasteiger partial charge on any atom is -0.466 e. The quantitative estimate of drug-likeness (QED) is 0.361. The predicted molar refractivity (Wildman–Crippen MR) is 42.2 cm³/mol. The standard InChI is InChI=1S/C8H12O4/c1-7(9)11-5-3-4-6-12-8(2)10/h3,5H,4,6H2,1-2H3. The van der Waals surface area contributed by atoms with Gasteiger partial charge in [0.15, 0.2) is 0 Å². The molecule has 0 radical (unpaired) electrons. The number of hydrogen-bond acceptors (Lipinski definition) is 4. The molecule has 0 saturated carbocycles. The van der Waals surface area contributed by atoms with Gasteiger partial charge in [-0.2, -0.15) is 0 Å². The number of carbonyl (C=O) groups is 2. The van der Waals surface area contributed by atoms with Gasteiger partial charge in [-0.05, 0) is 6.08 Å². The van der Waals surface area contributed by atoms with Crippen molar-refractivity contribution >= 4 is 11.9 Å². The van der Waals surface area contributed by atoms with Crippen molar-refractivity contribution in [2.45, 2.75) is 20.3 Å². The SMILES string of the molecule is CC(=O)OC=CCCOC(C)=O. The molecule has 0 aliphatic carbocycles. The van der Waals surface area contributed by atoms with Crippen molar-refractivity contribution in [1.82, 2.24) is 0 Å². The van der Waals surface area contributed by atoms with E-state index in [4.69, 9.17) is 0 Å². The summed E-state index contributed by atoms with van der Waals surface area (Å²) >= 11 is 0. The van der Waals surface area contributed by atoms with Crippen LogP contribution in [-0.4, -0.2) is 18.5 Å². The third-order valence-corrected chi connectivity index (χ3v) is 0.920. The number of rotatable bonds is 4. The van der Waals surface area contributed by atoms with Crippen LogP contribution in [0.1, 0.15) is 20.3 Å². The van der Waals surface area contributed by atoms with E-state index in [0.717, 1.165) is 0 Å². The van der Waals surface area contributed by atoms with Crippen LogP contribution in [0.2, 0.25) is 0 Å². The minimum atomic E-state index is -0.362. The lowest BCUT2D eigenvalue weighted by molar-refractivity contribution is -0.141. The summed E-state index contributed by atoms with van der Waals surface area (Å²) in [5.41, 5.74) is 0. The number of hydrogen-bond donors (Lipinski definition) is 0. The number of carbonyl (C=O) groups excluding carboxylic acids is 2. The fraction of sp³-hybridized carbons (Fsp3) is 0.500. The van der Waals surface area contributed by atoms with Gasteiger partial charge >= 0.3 is 11.9 Å². The summed E-state index contributed by atoms with van der Waals surface area (Å²) in [7, 11) is 0. The molecule has 0 amide bonds. The summed E-state index contributed by atoms with van der Waals surface area (Å²) in [4.78, 5) is 20.5. The van der Waals surface area contributed by atoms with Crippen LogP contribution >= 0.6 is 0 Å². The van der Waals surface area contributed by atoms with Gasteiger partial charge in [-0.15, -0.1) is 0 Å². The van der Waals surface area contributed by atoms with Crippen LogP contribution in [-0.2, 0) is 19.1 Å². The highest BCUT2D eigenvalue weighted by molar-refractivity contribution is 5.66. The summed E-state index contributed by atoms with van der Waals surface area (Å²) < 4.78 is 9.11. The highest BCUT2D eigenvalue weighted by Crippen LogP contribution is 1.87. The van der Waals surface area contributed by atoms with Crippen molar-refractivity contribution in [3.8, 4) is 0 Å². The highest BCUT2D eigenvalue weighted by Gasteiger charge is 1.89. The van der Waals surface area contributed by atoms with Crippen molar-refractivity contribution in [1.29, 1.82) is 0 Å². The van der Waals surface area contributed by atoms with Gasteiger partial charge in [-0.25, -0.2) is 0 Å². The largest absolute Gasteiger partial charge is 0.466 e. The maximum Gasteiger partial charge on any atom is 0.307 e. The Morgan fingerprint density at radius 3 is 2.42 bits per heavy atom. The van der Waals surface area contributed by atoms with Crippen LogP contribution < -0.4 is 0 Å². The Bertz CT molecular complexity index is 183. The van der Waals surface area contributed by atoms with Crippen molar-refractivity contribution in [2.75, 3.05) is 6.61 Å². The topological polar surface area (TPSA) is 52.6 Å². The molecule has 4 heteroatoms. The molecule has 0 spiro atoms. The molecule has 0 saturated heterocycles. The molecule has 0 aliphatic heterocycles. The average Bonchev–Trinajstić information content (AvgIpc) is 1.95. The molecule has 12 heavy (non-hydrogen) atoms. The summed E-state index contributed by atoms with van der Waals surface area (Å²) in [5, 5.41) is 0. The monoisotopic (exact) mass is 172 g/mol. The van der Waals surface area contributed by atoms with E-state index in [2.05, 4.69) is 9.47 Å². The van der Waals surface area contributed by atoms with Crippen LogP contribution in [0.4, 0.5) is 0 Å². The highest BCUT2D eigenvalue weighted by atomic mass is 16.5. The smallest absolute Gasteiger partial charge is 0.307 e. The molecule has 0 aromatic carbocycles. The Labute approximate surface area is 71.2 Å². The van der Waals surface area contributed by atoms with Gasteiger partial charge < -0.3 is 9.47 Å². The molecule has 0 fully saturated rings. The molecule has 0 heterocycles. The zero-order chi connectivity index (χ0) is 9.40. The van der Waals surface area contributed by atoms with Gasteiger partial charge in [0.2, 0.25) is 0 Å².